The van der Waals surface area contributed by atoms with Crippen molar-refractivity contribution in [3.8, 4) is 11.5 Å². The number of ether oxygens (including phenoxy) is 2. The monoisotopic (exact) mass is 316 g/mol. The number of methoxy groups -OCH3 is 2. The van der Waals surface area contributed by atoms with Crippen LogP contribution < -0.4 is 14.8 Å². The number of nitrogens with one attached hydrogen (secondary N) is 1. The fourth-order valence-electron chi connectivity index (χ4n) is 1.70. The van der Waals surface area contributed by atoms with Gasteiger partial charge in [0.1, 0.15) is 0 Å². The lowest BCUT2D eigenvalue weighted by molar-refractivity contribution is 0.348. The molecule has 0 saturated heterocycles. The molecule has 5 heteroatoms. The molecule has 0 atom stereocenters. The molecule has 102 valence electrons. The average Bonchev–Trinajstić information content (AvgIpc) is 2.42. The van der Waals surface area contributed by atoms with E-state index in [1.54, 1.807) is 26.5 Å². The zero-order valence-corrected chi connectivity index (χ0v) is 12.6. The number of nitrogens with zero attached hydrogens (tertiary/aromatic N) is 1. The van der Waals surface area contributed by atoms with Gasteiger partial charge in [-0.2, -0.15) is 0 Å². The van der Waals surface area contributed by atoms with Crippen LogP contribution in [-0.2, 0) is 6.54 Å². The van der Waals surface area contributed by atoms with E-state index >= 15 is 0 Å². The maximum atomic E-state index is 5.33. The summed E-state index contributed by atoms with van der Waals surface area (Å²) in [4.78, 5) is 4.32. The fourth-order valence-corrected chi connectivity index (χ4v) is 2.10. The summed E-state index contributed by atoms with van der Waals surface area (Å²) in [6, 6.07) is 1.80. The third-order valence-corrected chi connectivity index (χ3v) is 3.21. The van der Waals surface area contributed by atoms with E-state index in [1.165, 1.54) is 19.3 Å². The minimum atomic E-state index is 0.703. The molecule has 1 aromatic heterocycles. The highest BCUT2D eigenvalue weighted by Gasteiger charge is 2.09. The summed E-state index contributed by atoms with van der Waals surface area (Å²) in [5.74, 6) is 1.44. The Morgan fingerprint density at radius 1 is 1.22 bits per heavy atom. The number of alkyl halides is 1. The Labute approximate surface area is 117 Å². The molecule has 0 aromatic carbocycles. The summed E-state index contributed by atoms with van der Waals surface area (Å²) in [6.07, 6.45) is 5.38. The SMILES string of the molecule is COc1ccnc(CNCCCCCBr)c1OC. The number of unbranched alkanes of at least 4 members (excludes halogenated alkanes) is 2. The smallest absolute Gasteiger partial charge is 0.183 e. The van der Waals surface area contributed by atoms with Gasteiger partial charge in [0.25, 0.3) is 0 Å². The third-order valence-electron chi connectivity index (χ3n) is 2.65. The second-order valence-electron chi connectivity index (χ2n) is 3.92. The van der Waals surface area contributed by atoms with Crippen LogP contribution in [0.15, 0.2) is 12.3 Å². The van der Waals surface area contributed by atoms with Gasteiger partial charge in [0.05, 0.1) is 19.9 Å². The first-order chi connectivity index (χ1) is 8.83. The van der Waals surface area contributed by atoms with Gasteiger partial charge in [0.15, 0.2) is 11.5 Å². The van der Waals surface area contributed by atoms with Crippen molar-refractivity contribution in [2.45, 2.75) is 25.8 Å². The van der Waals surface area contributed by atoms with Gasteiger partial charge in [-0.05, 0) is 19.4 Å². The van der Waals surface area contributed by atoms with E-state index in [-0.39, 0.29) is 0 Å². The summed E-state index contributed by atoms with van der Waals surface area (Å²) in [6.45, 7) is 1.70. The first-order valence-electron chi connectivity index (χ1n) is 6.16. The Kier molecular flexibility index (Phi) is 7.76. The number of hydrogen-bond donors (Lipinski definition) is 1. The van der Waals surface area contributed by atoms with Crippen LogP contribution in [0.5, 0.6) is 11.5 Å². The second-order valence-corrected chi connectivity index (χ2v) is 4.71. The van der Waals surface area contributed by atoms with Gasteiger partial charge < -0.3 is 14.8 Å². The van der Waals surface area contributed by atoms with Crippen LogP contribution in [0.4, 0.5) is 0 Å². The summed E-state index contributed by atoms with van der Waals surface area (Å²) in [7, 11) is 3.27. The molecule has 1 aromatic rings. The van der Waals surface area contributed by atoms with Crippen LogP contribution in [-0.4, -0.2) is 31.1 Å². The third kappa shape index (κ3) is 4.82. The molecule has 0 unspecified atom stereocenters. The molecule has 18 heavy (non-hydrogen) atoms. The number of hydrogen-bond acceptors (Lipinski definition) is 4. The van der Waals surface area contributed by atoms with Crippen LogP contribution >= 0.6 is 15.9 Å². The van der Waals surface area contributed by atoms with Crippen LogP contribution in [0, 0.1) is 0 Å². The first kappa shape index (κ1) is 15.2. The first-order valence-corrected chi connectivity index (χ1v) is 7.28. The van der Waals surface area contributed by atoms with Crippen molar-refractivity contribution in [2.24, 2.45) is 0 Å². The Bertz CT molecular complexity index is 348. The van der Waals surface area contributed by atoms with Crippen molar-refractivity contribution < 1.29 is 9.47 Å². The maximum absolute atomic E-state index is 5.33. The molecule has 4 nitrogen and oxygen atoms in total. The van der Waals surface area contributed by atoms with Gasteiger partial charge >= 0.3 is 0 Å². The van der Waals surface area contributed by atoms with Gasteiger partial charge in [-0.1, -0.05) is 22.4 Å². The topological polar surface area (TPSA) is 43.4 Å². The van der Waals surface area contributed by atoms with E-state index < -0.39 is 0 Å². The van der Waals surface area contributed by atoms with Gasteiger partial charge in [0.2, 0.25) is 0 Å². The van der Waals surface area contributed by atoms with Crippen LogP contribution in [0.3, 0.4) is 0 Å². The van der Waals surface area contributed by atoms with Crippen molar-refractivity contribution in [3.05, 3.63) is 18.0 Å². The Morgan fingerprint density at radius 2 is 2.06 bits per heavy atom. The van der Waals surface area contributed by atoms with E-state index in [4.69, 9.17) is 9.47 Å². The normalized spacial score (nSPS) is 10.4. The molecule has 0 aliphatic rings. The van der Waals surface area contributed by atoms with E-state index in [2.05, 4.69) is 26.2 Å². The van der Waals surface area contributed by atoms with E-state index in [1.807, 2.05) is 0 Å². The standard InChI is InChI=1S/C13H21BrN2O2/c1-17-12-6-9-16-11(13(12)18-2)10-15-8-5-3-4-7-14/h6,9,15H,3-5,7-8,10H2,1-2H3. The molecule has 0 amide bonds. The molecule has 0 radical (unpaired) electrons. The van der Waals surface area contributed by atoms with E-state index in [0.29, 0.717) is 12.3 Å². The minimum Gasteiger partial charge on any atom is -0.493 e. The largest absolute Gasteiger partial charge is 0.493 e. The lowest BCUT2D eigenvalue weighted by Crippen LogP contribution is -2.16. The Morgan fingerprint density at radius 3 is 2.72 bits per heavy atom. The molecule has 1 rings (SSSR count). The Hall–Kier alpha value is -0.810. The van der Waals surface area contributed by atoms with Gasteiger partial charge in [-0.3, -0.25) is 4.98 Å². The lowest BCUT2D eigenvalue weighted by atomic mass is 10.2. The molecule has 0 spiro atoms. The molecule has 0 bridgehead atoms. The number of rotatable bonds is 9. The highest BCUT2D eigenvalue weighted by atomic mass is 79.9. The lowest BCUT2D eigenvalue weighted by Gasteiger charge is -2.12. The van der Waals surface area contributed by atoms with Crippen LogP contribution in [0.2, 0.25) is 0 Å². The zero-order chi connectivity index (χ0) is 13.2. The summed E-state index contributed by atoms with van der Waals surface area (Å²) < 4.78 is 10.6. The predicted molar refractivity (Wildman–Crippen MR) is 76.7 cm³/mol. The zero-order valence-electron chi connectivity index (χ0n) is 11.0. The van der Waals surface area contributed by atoms with Gasteiger partial charge in [-0.25, -0.2) is 0 Å². The van der Waals surface area contributed by atoms with Crippen LogP contribution in [0.25, 0.3) is 0 Å². The number of aromatic nitrogens is 1. The number of pyridine rings is 1. The number of halogens is 1. The Balaban J connectivity index is 2.41. The van der Waals surface area contributed by atoms with Crippen molar-refractivity contribution >= 4 is 15.9 Å². The summed E-state index contributed by atoms with van der Waals surface area (Å²) in [5, 5.41) is 4.45. The summed E-state index contributed by atoms with van der Waals surface area (Å²) >= 11 is 3.43. The van der Waals surface area contributed by atoms with Crippen molar-refractivity contribution in [2.75, 3.05) is 26.1 Å². The van der Waals surface area contributed by atoms with Crippen molar-refractivity contribution in [1.29, 1.82) is 0 Å². The van der Waals surface area contributed by atoms with Crippen molar-refractivity contribution in [1.82, 2.24) is 10.3 Å². The van der Waals surface area contributed by atoms with Gasteiger partial charge in [0, 0.05) is 24.1 Å². The summed E-state index contributed by atoms with van der Waals surface area (Å²) in [5.41, 5.74) is 0.886. The fraction of sp³-hybridized carbons (Fsp3) is 0.615. The van der Waals surface area contributed by atoms with Gasteiger partial charge in [-0.15, -0.1) is 0 Å². The molecule has 0 saturated carbocycles. The molecule has 0 fully saturated rings. The highest BCUT2D eigenvalue weighted by molar-refractivity contribution is 9.09. The predicted octanol–water partition coefficient (Wildman–Crippen LogP) is 2.75. The van der Waals surface area contributed by atoms with E-state index in [9.17, 15) is 0 Å². The highest BCUT2D eigenvalue weighted by Crippen LogP contribution is 2.28. The molecule has 0 aliphatic heterocycles. The molecule has 0 aliphatic carbocycles. The van der Waals surface area contributed by atoms with E-state index in [0.717, 1.165) is 23.3 Å². The second kappa shape index (κ2) is 9.16. The maximum Gasteiger partial charge on any atom is 0.183 e. The van der Waals surface area contributed by atoms with Crippen molar-refractivity contribution in [3.63, 3.8) is 0 Å². The quantitative estimate of drug-likeness (QED) is 0.562. The molecular formula is C13H21BrN2O2. The minimum absolute atomic E-state index is 0.703. The molecular weight excluding hydrogens is 296 g/mol. The molecule has 1 N–H and O–H groups in total. The molecule has 1 heterocycles. The van der Waals surface area contributed by atoms with Crippen LogP contribution in [0.1, 0.15) is 25.0 Å². The average molecular weight is 317 g/mol.